The second-order valence-electron chi connectivity index (χ2n) is 19.6. The molecule has 0 bridgehead atoms. The predicted octanol–water partition coefficient (Wildman–Crippen LogP) is 7.80. The Labute approximate surface area is 302 Å². The lowest BCUT2D eigenvalue weighted by molar-refractivity contribution is -0.235. The molecular formula is C42H64N2O5S. The molecule has 5 saturated carbocycles. The van der Waals surface area contributed by atoms with E-state index < -0.39 is 15.8 Å². The zero-order valence-electron chi connectivity index (χ0n) is 31.9. The van der Waals surface area contributed by atoms with Crippen LogP contribution in [-0.4, -0.2) is 67.0 Å². The molecule has 1 aromatic carbocycles. The molecule has 7 nitrogen and oxygen atoms in total. The first-order valence-electron chi connectivity index (χ1n) is 19.9. The van der Waals surface area contributed by atoms with E-state index in [1.165, 1.54) is 44.1 Å². The van der Waals surface area contributed by atoms with Crippen LogP contribution in [-0.2, 0) is 14.6 Å². The van der Waals surface area contributed by atoms with Crippen molar-refractivity contribution in [3.63, 3.8) is 0 Å². The van der Waals surface area contributed by atoms with E-state index in [-0.39, 0.29) is 44.6 Å². The number of carboxylic acid groups (broad SMARTS) is 1. The highest BCUT2D eigenvalue weighted by atomic mass is 32.2. The van der Waals surface area contributed by atoms with Crippen LogP contribution in [0.25, 0.3) is 0 Å². The number of amides is 1. The number of nitrogens with zero attached hydrogens (tertiary/aromatic N) is 1. The molecule has 0 aromatic heterocycles. The molecule has 1 aliphatic heterocycles. The topological polar surface area (TPSA) is 104 Å². The summed E-state index contributed by atoms with van der Waals surface area (Å²) in [5, 5.41) is 13.2. The molecule has 1 amide bonds. The summed E-state index contributed by atoms with van der Waals surface area (Å²) in [6.45, 7) is 19.0. The van der Waals surface area contributed by atoms with Gasteiger partial charge in [-0.3, -0.25) is 9.69 Å². The van der Waals surface area contributed by atoms with Crippen LogP contribution in [0.4, 0.5) is 0 Å². The number of sulfone groups is 1. The van der Waals surface area contributed by atoms with E-state index in [2.05, 4.69) is 65.9 Å². The van der Waals surface area contributed by atoms with E-state index in [4.69, 9.17) is 0 Å². The molecule has 10 atom stereocenters. The Bertz CT molecular complexity index is 1590. The summed E-state index contributed by atoms with van der Waals surface area (Å²) in [5.74, 6) is 3.50. The Hall–Kier alpha value is -1.93. The van der Waals surface area contributed by atoms with E-state index in [1.54, 1.807) is 12.1 Å². The molecule has 5 aliphatic carbocycles. The van der Waals surface area contributed by atoms with Crippen molar-refractivity contribution >= 4 is 21.7 Å². The van der Waals surface area contributed by atoms with Gasteiger partial charge in [-0.1, -0.05) is 60.6 Å². The fourth-order valence-electron chi connectivity index (χ4n) is 14.5. The van der Waals surface area contributed by atoms with Crippen molar-refractivity contribution in [2.75, 3.05) is 31.1 Å². The van der Waals surface area contributed by atoms with Gasteiger partial charge in [-0.2, -0.15) is 0 Å². The third-order valence-electron chi connectivity index (χ3n) is 17.1. The minimum absolute atomic E-state index is 0.0896. The highest BCUT2D eigenvalue weighted by molar-refractivity contribution is 7.91. The van der Waals surface area contributed by atoms with Gasteiger partial charge in [0.25, 0.3) is 0 Å². The largest absolute Gasteiger partial charge is 0.478 e. The van der Waals surface area contributed by atoms with Crippen molar-refractivity contribution in [2.24, 2.45) is 57.2 Å². The molecule has 6 aliphatic rings. The number of rotatable bonds is 6. The quantitative estimate of drug-likeness (QED) is 0.313. The summed E-state index contributed by atoms with van der Waals surface area (Å²) < 4.78 is 24.1. The Morgan fingerprint density at radius 1 is 0.840 bits per heavy atom. The molecule has 1 saturated heterocycles. The van der Waals surface area contributed by atoms with Crippen LogP contribution < -0.4 is 5.32 Å². The van der Waals surface area contributed by atoms with E-state index in [0.29, 0.717) is 66.6 Å². The van der Waals surface area contributed by atoms with E-state index in [1.807, 2.05) is 4.90 Å². The van der Waals surface area contributed by atoms with E-state index in [9.17, 15) is 23.1 Å². The van der Waals surface area contributed by atoms with Crippen molar-refractivity contribution in [3.8, 4) is 0 Å². The van der Waals surface area contributed by atoms with Crippen molar-refractivity contribution in [3.05, 3.63) is 35.4 Å². The second-order valence-corrected chi connectivity index (χ2v) is 21.9. The summed E-state index contributed by atoms with van der Waals surface area (Å²) in [4.78, 5) is 27.4. The van der Waals surface area contributed by atoms with E-state index >= 15 is 0 Å². The molecule has 0 spiro atoms. The molecule has 7 rings (SSSR count). The molecular weight excluding hydrogens is 645 g/mol. The van der Waals surface area contributed by atoms with Gasteiger partial charge in [0, 0.05) is 18.6 Å². The number of hydrogen-bond acceptors (Lipinski definition) is 5. The number of benzene rings is 1. The SMILES string of the molecule is CC(C)C1CCC2(NC(=O)CN3CCS(=O)(=O)CC3)CCC3(C)C(CCC4C5(C)CCC(c6ccc(C(=O)O)cc6)C(C)(C)C5CCC43C)C12. The van der Waals surface area contributed by atoms with Crippen LogP contribution in [0, 0.1) is 57.2 Å². The van der Waals surface area contributed by atoms with Gasteiger partial charge < -0.3 is 10.4 Å². The van der Waals surface area contributed by atoms with E-state index in [0.717, 1.165) is 25.7 Å². The molecule has 2 N–H and O–H groups in total. The molecule has 50 heavy (non-hydrogen) atoms. The maximum absolute atomic E-state index is 13.8. The van der Waals surface area contributed by atoms with Crippen molar-refractivity contribution in [1.29, 1.82) is 0 Å². The third-order valence-corrected chi connectivity index (χ3v) is 18.7. The maximum Gasteiger partial charge on any atom is 0.335 e. The van der Waals surface area contributed by atoms with Crippen molar-refractivity contribution in [2.45, 2.75) is 124 Å². The van der Waals surface area contributed by atoms with Crippen molar-refractivity contribution < 1.29 is 23.1 Å². The summed E-state index contributed by atoms with van der Waals surface area (Å²) >= 11 is 0. The summed E-state index contributed by atoms with van der Waals surface area (Å²) in [6, 6.07) is 7.74. The van der Waals surface area contributed by atoms with Crippen LogP contribution in [0.2, 0.25) is 0 Å². The van der Waals surface area contributed by atoms with Gasteiger partial charge in [0.2, 0.25) is 5.91 Å². The number of fused-ring (bicyclic) bond motifs is 7. The average molecular weight is 709 g/mol. The third kappa shape index (κ3) is 5.53. The first kappa shape index (κ1) is 36.4. The van der Waals surface area contributed by atoms with Crippen LogP contribution in [0.15, 0.2) is 24.3 Å². The number of aromatic carboxylic acids is 1. The lowest BCUT2D eigenvalue weighted by atomic mass is 9.32. The number of carbonyl (C=O) groups is 2. The normalized spacial score (nSPS) is 43.6. The highest BCUT2D eigenvalue weighted by Crippen LogP contribution is 2.77. The average Bonchev–Trinajstić information content (AvgIpc) is 3.42. The summed E-state index contributed by atoms with van der Waals surface area (Å²) in [6.07, 6.45) is 11.9. The Kier molecular flexibility index (Phi) is 8.97. The smallest absolute Gasteiger partial charge is 0.335 e. The molecule has 278 valence electrons. The molecule has 10 unspecified atom stereocenters. The molecule has 0 radical (unpaired) electrons. The zero-order chi connectivity index (χ0) is 36.1. The highest BCUT2D eigenvalue weighted by Gasteiger charge is 2.71. The van der Waals surface area contributed by atoms with Crippen LogP contribution in [0.5, 0.6) is 0 Å². The fraction of sp³-hybridized carbons (Fsp3) is 0.810. The number of carbonyl (C=O) groups excluding carboxylic acids is 1. The first-order chi connectivity index (χ1) is 23.4. The molecule has 1 aromatic rings. The van der Waals surface area contributed by atoms with Crippen LogP contribution in [0.3, 0.4) is 0 Å². The van der Waals surface area contributed by atoms with Gasteiger partial charge in [0.15, 0.2) is 9.84 Å². The monoisotopic (exact) mass is 708 g/mol. The minimum Gasteiger partial charge on any atom is -0.478 e. The summed E-state index contributed by atoms with van der Waals surface area (Å²) in [5.41, 5.74) is 2.35. The van der Waals surface area contributed by atoms with Gasteiger partial charge in [-0.15, -0.1) is 0 Å². The molecule has 6 fully saturated rings. The second kappa shape index (κ2) is 12.3. The Balaban J connectivity index is 1.14. The summed E-state index contributed by atoms with van der Waals surface area (Å²) in [7, 11) is -2.98. The van der Waals surface area contributed by atoms with Crippen LogP contribution >= 0.6 is 0 Å². The predicted molar refractivity (Wildman–Crippen MR) is 199 cm³/mol. The number of hydrogen-bond donors (Lipinski definition) is 2. The minimum atomic E-state index is -2.98. The van der Waals surface area contributed by atoms with Gasteiger partial charge in [0.1, 0.15) is 0 Å². The fourth-order valence-corrected chi connectivity index (χ4v) is 15.8. The number of nitrogens with one attached hydrogen (secondary N) is 1. The first-order valence-corrected chi connectivity index (χ1v) is 21.8. The van der Waals surface area contributed by atoms with Gasteiger partial charge in [-0.05, 0) is 145 Å². The molecule has 8 heteroatoms. The van der Waals surface area contributed by atoms with Gasteiger partial charge >= 0.3 is 5.97 Å². The lowest BCUT2D eigenvalue weighted by Gasteiger charge is -2.73. The van der Waals surface area contributed by atoms with Gasteiger partial charge in [0.05, 0.1) is 23.6 Å². The Morgan fingerprint density at radius 3 is 2.16 bits per heavy atom. The Morgan fingerprint density at radius 2 is 1.52 bits per heavy atom. The zero-order valence-corrected chi connectivity index (χ0v) is 32.7. The molecule has 1 heterocycles. The van der Waals surface area contributed by atoms with Crippen molar-refractivity contribution in [1.82, 2.24) is 10.2 Å². The van der Waals surface area contributed by atoms with Crippen LogP contribution in [0.1, 0.15) is 135 Å². The lowest BCUT2D eigenvalue weighted by Crippen LogP contribution is -2.69. The number of carboxylic acids is 1. The van der Waals surface area contributed by atoms with Gasteiger partial charge in [-0.25, -0.2) is 13.2 Å². The standard InChI is InChI=1S/C42H64N2O5S/c1-27(2)30-14-19-42(43-35(45)26-44-22-24-50(48,49)25-23-44)21-20-40(6)32(36(30)42)12-13-34-39(5)17-15-31(28-8-10-29(11-9-28)37(46)47)38(3,4)33(39)16-18-41(34,40)7/h8-11,27,30-34,36H,12-26H2,1-7H3,(H,43,45)(H,46,47). The maximum atomic E-state index is 13.8.